The van der Waals surface area contributed by atoms with Gasteiger partial charge in [0, 0.05) is 12.2 Å². The Kier molecular flexibility index (Phi) is 10.7. The van der Waals surface area contributed by atoms with Crippen LogP contribution in [0.1, 0.15) is 23.1 Å². The van der Waals surface area contributed by atoms with E-state index in [0.29, 0.717) is 25.0 Å². The van der Waals surface area contributed by atoms with Crippen LogP contribution >= 0.6 is 11.8 Å². The van der Waals surface area contributed by atoms with Crippen molar-refractivity contribution in [3.63, 3.8) is 0 Å². The monoisotopic (exact) mass is 525 g/mol. The predicted molar refractivity (Wildman–Crippen MR) is 156 cm³/mol. The molecule has 2 N–H and O–H groups in total. The second kappa shape index (κ2) is 15.1. The van der Waals surface area contributed by atoms with Crippen LogP contribution in [0.4, 0.5) is 0 Å². The Bertz CT molecular complexity index is 1300. The lowest BCUT2D eigenvalue weighted by atomic mass is 10.2. The fraction of sp³-hybridized carbons (Fsp3) is 0.161. The van der Waals surface area contributed by atoms with E-state index < -0.39 is 0 Å². The van der Waals surface area contributed by atoms with Crippen molar-refractivity contribution in [1.29, 1.82) is 0 Å². The van der Waals surface area contributed by atoms with Crippen molar-refractivity contribution in [2.75, 3.05) is 13.2 Å². The van der Waals surface area contributed by atoms with Crippen LogP contribution in [-0.4, -0.2) is 24.6 Å². The lowest BCUT2D eigenvalue weighted by Crippen LogP contribution is -2.06. The fourth-order valence-corrected chi connectivity index (χ4v) is 4.02. The lowest BCUT2D eigenvalue weighted by molar-refractivity contribution is 0.247. The molecule has 0 aliphatic carbocycles. The number of rotatable bonds is 13. The van der Waals surface area contributed by atoms with E-state index in [-0.39, 0.29) is 0 Å². The van der Waals surface area contributed by atoms with Crippen molar-refractivity contribution in [2.24, 2.45) is 15.9 Å². The Morgan fingerprint density at radius 1 is 0.684 bits per heavy atom. The second-order valence-electron chi connectivity index (χ2n) is 8.33. The zero-order chi connectivity index (χ0) is 26.3. The molecule has 0 spiro atoms. The number of hydrogen-bond acceptors (Lipinski definition) is 6. The molecule has 0 bridgehead atoms. The fourth-order valence-electron chi connectivity index (χ4n) is 3.41. The van der Waals surface area contributed by atoms with Gasteiger partial charge in [-0.15, -0.1) is 5.10 Å². The Hall–Kier alpha value is -4.23. The van der Waals surface area contributed by atoms with Gasteiger partial charge in [-0.05, 0) is 53.1 Å². The highest BCUT2D eigenvalue weighted by Gasteiger charge is 2.00. The van der Waals surface area contributed by atoms with Crippen LogP contribution in [0.25, 0.3) is 0 Å². The molecule has 0 heterocycles. The maximum atomic E-state index is 5.95. The minimum Gasteiger partial charge on any atom is -0.493 e. The first-order valence-electron chi connectivity index (χ1n) is 12.4. The van der Waals surface area contributed by atoms with E-state index in [9.17, 15) is 0 Å². The third-order valence-electron chi connectivity index (χ3n) is 5.35. The van der Waals surface area contributed by atoms with E-state index in [4.69, 9.17) is 19.9 Å². The summed E-state index contributed by atoms with van der Waals surface area (Å²) in [7, 11) is 0. The second-order valence-corrected chi connectivity index (χ2v) is 9.32. The van der Waals surface area contributed by atoms with Gasteiger partial charge < -0.3 is 19.9 Å². The first kappa shape index (κ1) is 26.8. The van der Waals surface area contributed by atoms with Crippen LogP contribution in [0, 0.1) is 0 Å². The largest absolute Gasteiger partial charge is 0.493 e. The molecular weight excluding hydrogens is 494 g/mol. The predicted octanol–water partition coefficient (Wildman–Crippen LogP) is 6.70. The molecule has 0 saturated carbocycles. The molecule has 0 fully saturated rings. The van der Waals surface area contributed by atoms with Crippen molar-refractivity contribution in [3.05, 3.63) is 126 Å². The summed E-state index contributed by atoms with van der Waals surface area (Å²) in [4.78, 5) is 0. The minimum absolute atomic E-state index is 0.423. The molecule has 0 amide bonds. The maximum Gasteiger partial charge on any atom is 0.180 e. The number of ether oxygens (including phenoxy) is 3. The van der Waals surface area contributed by atoms with Crippen LogP contribution in [-0.2, 0) is 12.4 Å². The van der Waals surface area contributed by atoms with Crippen molar-refractivity contribution in [1.82, 2.24) is 0 Å². The van der Waals surface area contributed by atoms with Crippen LogP contribution in [0.3, 0.4) is 0 Å². The molecule has 0 atom stereocenters. The molecule has 4 aromatic carbocycles. The molecule has 194 valence electrons. The molecule has 7 heteroatoms. The van der Waals surface area contributed by atoms with Gasteiger partial charge in [0.15, 0.2) is 5.17 Å². The Morgan fingerprint density at radius 2 is 1.32 bits per heavy atom. The van der Waals surface area contributed by atoms with Crippen LogP contribution < -0.4 is 19.9 Å². The van der Waals surface area contributed by atoms with Gasteiger partial charge in [0.2, 0.25) is 0 Å². The van der Waals surface area contributed by atoms with Gasteiger partial charge in [-0.1, -0.05) is 84.6 Å². The summed E-state index contributed by atoms with van der Waals surface area (Å²) in [5.41, 5.74) is 9.17. The Balaban J connectivity index is 1.13. The van der Waals surface area contributed by atoms with Gasteiger partial charge in [0.1, 0.15) is 23.9 Å². The van der Waals surface area contributed by atoms with E-state index >= 15 is 0 Å². The molecule has 0 radical (unpaired) electrons. The molecular formula is C31H31N3O3S. The van der Waals surface area contributed by atoms with Crippen LogP contribution in [0.15, 0.2) is 119 Å². The van der Waals surface area contributed by atoms with Gasteiger partial charge in [0.25, 0.3) is 0 Å². The van der Waals surface area contributed by atoms with Crippen LogP contribution in [0.5, 0.6) is 17.2 Å². The normalized spacial score (nSPS) is 11.4. The Morgan fingerprint density at radius 3 is 2.03 bits per heavy atom. The van der Waals surface area contributed by atoms with Crippen LogP contribution in [0.2, 0.25) is 0 Å². The maximum absolute atomic E-state index is 5.95. The van der Waals surface area contributed by atoms with Gasteiger partial charge >= 0.3 is 0 Å². The summed E-state index contributed by atoms with van der Waals surface area (Å²) in [6.07, 6.45) is 2.42. The van der Waals surface area contributed by atoms with Gasteiger partial charge in [0.05, 0.1) is 19.4 Å². The van der Waals surface area contributed by atoms with Gasteiger partial charge in [-0.2, -0.15) is 5.10 Å². The van der Waals surface area contributed by atoms with E-state index in [2.05, 4.69) is 22.3 Å². The van der Waals surface area contributed by atoms with Crippen molar-refractivity contribution < 1.29 is 14.2 Å². The zero-order valence-corrected chi connectivity index (χ0v) is 21.9. The highest BCUT2D eigenvalue weighted by Crippen LogP contribution is 2.19. The number of benzene rings is 4. The number of amidine groups is 1. The van der Waals surface area contributed by atoms with E-state index in [1.54, 1.807) is 6.21 Å². The molecule has 0 saturated heterocycles. The van der Waals surface area contributed by atoms with E-state index in [1.165, 1.54) is 17.3 Å². The minimum atomic E-state index is 0.423. The average Bonchev–Trinajstić information content (AvgIpc) is 2.97. The van der Waals surface area contributed by atoms with E-state index in [1.807, 2.05) is 97.1 Å². The zero-order valence-electron chi connectivity index (χ0n) is 21.1. The highest BCUT2D eigenvalue weighted by molar-refractivity contribution is 8.13. The van der Waals surface area contributed by atoms with Gasteiger partial charge in [-0.3, -0.25) is 0 Å². The summed E-state index contributed by atoms with van der Waals surface area (Å²) < 4.78 is 17.5. The first-order valence-corrected chi connectivity index (χ1v) is 13.4. The summed E-state index contributed by atoms with van der Waals surface area (Å²) in [6.45, 7) is 1.64. The van der Waals surface area contributed by atoms with Crippen molar-refractivity contribution in [3.8, 4) is 17.2 Å². The molecule has 0 aromatic heterocycles. The molecule has 0 aliphatic heterocycles. The lowest BCUT2D eigenvalue weighted by Gasteiger charge is -2.10. The molecule has 4 rings (SSSR count). The van der Waals surface area contributed by atoms with Crippen molar-refractivity contribution >= 4 is 23.1 Å². The molecule has 0 unspecified atom stereocenters. The van der Waals surface area contributed by atoms with Crippen molar-refractivity contribution in [2.45, 2.75) is 18.8 Å². The summed E-state index contributed by atoms with van der Waals surface area (Å²) >= 11 is 1.45. The third kappa shape index (κ3) is 9.67. The molecule has 6 nitrogen and oxygen atoms in total. The standard InChI is InChI=1S/C31H31N3O3S/c32-31(38-24-26-11-5-2-6-12-26)34-33-22-27-13-7-14-30(21-27)36-20-8-19-35-28-15-17-29(18-16-28)37-23-25-9-3-1-4-10-25/h1-7,9-18,21-22H,8,19-20,23-24H2,(H2,32,34). The average molecular weight is 526 g/mol. The molecule has 4 aromatic rings. The number of nitrogens with zero attached hydrogens (tertiary/aromatic N) is 2. The molecule has 0 aliphatic rings. The smallest absolute Gasteiger partial charge is 0.180 e. The number of nitrogens with two attached hydrogens (primary N) is 1. The number of hydrogen-bond donors (Lipinski definition) is 1. The SMILES string of the molecule is NC(=NN=Cc1cccc(OCCCOc2ccc(OCc3ccccc3)cc2)c1)SCc1ccccc1. The summed E-state index contributed by atoms with van der Waals surface area (Å²) in [5.74, 6) is 3.14. The van der Waals surface area contributed by atoms with Gasteiger partial charge in [-0.25, -0.2) is 0 Å². The van der Waals surface area contributed by atoms with E-state index in [0.717, 1.165) is 40.5 Å². The third-order valence-corrected chi connectivity index (χ3v) is 6.20. The Labute approximate surface area is 228 Å². The first-order chi connectivity index (χ1) is 18.7. The molecule has 38 heavy (non-hydrogen) atoms. The quantitative estimate of drug-likeness (QED) is 0.0910. The topological polar surface area (TPSA) is 78.4 Å². The highest BCUT2D eigenvalue weighted by atomic mass is 32.2. The summed E-state index contributed by atoms with van der Waals surface area (Å²) in [5, 5.41) is 8.60. The summed E-state index contributed by atoms with van der Waals surface area (Å²) in [6, 6.07) is 35.6. The number of thioether (sulfide) groups is 1.